The van der Waals surface area contributed by atoms with E-state index in [9.17, 15) is 9.59 Å². The molecular formula is C19H22N2O3S. The van der Waals surface area contributed by atoms with Crippen LogP contribution < -0.4 is 5.32 Å². The molecule has 0 radical (unpaired) electrons. The van der Waals surface area contributed by atoms with Crippen LogP contribution in [0.25, 0.3) is 0 Å². The van der Waals surface area contributed by atoms with Gasteiger partial charge in [0.25, 0.3) is 11.8 Å². The topological polar surface area (TPSA) is 58.6 Å². The number of ether oxygens (including phenoxy) is 1. The van der Waals surface area contributed by atoms with Crippen LogP contribution >= 0.6 is 11.3 Å². The summed E-state index contributed by atoms with van der Waals surface area (Å²) >= 11 is 1.47. The largest absolute Gasteiger partial charge is 0.378 e. The highest BCUT2D eigenvalue weighted by atomic mass is 32.1. The molecule has 3 rings (SSSR count). The van der Waals surface area contributed by atoms with Gasteiger partial charge < -0.3 is 15.0 Å². The lowest BCUT2D eigenvalue weighted by atomic mass is 10.1. The molecule has 1 fully saturated rings. The Balaban J connectivity index is 1.91. The summed E-state index contributed by atoms with van der Waals surface area (Å²) in [5, 5.41) is 3.58. The van der Waals surface area contributed by atoms with E-state index < -0.39 is 0 Å². The minimum absolute atomic E-state index is 0.0205. The number of carbonyl (C=O) groups excluding carboxylic acids is 2. The quantitative estimate of drug-likeness (QED) is 0.912. The Hall–Kier alpha value is -2.18. The van der Waals surface area contributed by atoms with E-state index in [1.54, 1.807) is 12.1 Å². The predicted octanol–water partition coefficient (Wildman–Crippen LogP) is 3.34. The number of hydrogen-bond acceptors (Lipinski definition) is 4. The van der Waals surface area contributed by atoms with Crippen LogP contribution in [0.15, 0.2) is 30.3 Å². The van der Waals surface area contributed by atoms with Crippen molar-refractivity contribution in [3.05, 3.63) is 51.9 Å². The number of aryl methyl sites for hydroxylation is 1. The number of nitrogens with one attached hydrogen (secondary N) is 1. The molecular weight excluding hydrogens is 336 g/mol. The number of carbonyl (C=O) groups is 2. The van der Waals surface area contributed by atoms with Crippen molar-refractivity contribution in [1.82, 2.24) is 4.90 Å². The van der Waals surface area contributed by atoms with Crippen molar-refractivity contribution in [3.63, 3.8) is 0 Å². The smallest absolute Gasteiger partial charge is 0.257 e. The first kappa shape index (κ1) is 17.6. The zero-order valence-corrected chi connectivity index (χ0v) is 15.3. The third kappa shape index (κ3) is 3.75. The Bertz CT molecular complexity index is 764. The van der Waals surface area contributed by atoms with E-state index in [2.05, 4.69) is 5.32 Å². The van der Waals surface area contributed by atoms with Crippen molar-refractivity contribution < 1.29 is 14.3 Å². The second kappa shape index (κ2) is 7.80. The predicted molar refractivity (Wildman–Crippen MR) is 99.6 cm³/mol. The van der Waals surface area contributed by atoms with Gasteiger partial charge in [-0.1, -0.05) is 25.1 Å². The van der Waals surface area contributed by atoms with E-state index in [1.807, 2.05) is 36.9 Å². The monoisotopic (exact) mass is 358 g/mol. The lowest BCUT2D eigenvalue weighted by Crippen LogP contribution is -2.41. The summed E-state index contributed by atoms with van der Waals surface area (Å²) in [6.07, 6.45) is 0.759. The van der Waals surface area contributed by atoms with Gasteiger partial charge in [-0.2, -0.15) is 0 Å². The summed E-state index contributed by atoms with van der Waals surface area (Å²) in [6, 6.07) is 9.05. The van der Waals surface area contributed by atoms with Gasteiger partial charge in [-0.05, 0) is 31.0 Å². The average Bonchev–Trinajstić information content (AvgIpc) is 2.97. The van der Waals surface area contributed by atoms with Crippen molar-refractivity contribution in [2.75, 3.05) is 31.6 Å². The minimum Gasteiger partial charge on any atom is -0.378 e. The van der Waals surface area contributed by atoms with Gasteiger partial charge in [0.1, 0.15) is 5.00 Å². The van der Waals surface area contributed by atoms with Gasteiger partial charge in [0, 0.05) is 23.5 Å². The third-order valence-corrected chi connectivity index (χ3v) is 5.40. The first-order valence-corrected chi connectivity index (χ1v) is 9.29. The molecule has 0 saturated carbocycles. The maximum Gasteiger partial charge on any atom is 0.257 e. The highest BCUT2D eigenvalue weighted by molar-refractivity contribution is 7.16. The van der Waals surface area contributed by atoms with Gasteiger partial charge >= 0.3 is 0 Å². The molecule has 1 aliphatic heterocycles. The molecule has 0 unspecified atom stereocenters. The molecule has 2 aromatic rings. The van der Waals surface area contributed by atoms with Crippen LogP contribution in [-0.4, -0.2) is 43.0 Å². The summed E-state index contributed by atoms with van der Waals surface area (Å²) in [5.74, 6) is -0.214. The maximum absolute atomic E-state index is 13.1. The van der Waals surface area contributed by atoms with Gasteiger partial charge in [0.2, 0.25) is 0 Å². The molecule has 1 aromatic heterocycles. The van der Waals surface area contributed by atoms with Crippen LogP contribution in [0.3, 0.4) is 0 Å². The summed E-state index contributed by atoms with van der Waals surface area (Å²) in [7, 11) is 0. The molecule has 6 heteroatoms. The molecule has 1 aromatic carbocycles. The highest BCUT2D eigenvalue weighted by Crippen LogP contribution is 2.35. The van der Waals surface area contributed by atoms with E-state index in [0.29, 0.717) is 42.4 Å². The first-order chi connectivity index (χ1) is 12.1. The molecule has 0 bridgehead atoms. The fourth-order valence-electron chi connectivity index (χ4n) is 3.01. The minimum atomic E-state index is -0.194. The van der Waals surface area contributed by atoms with Crippen molar-refractivity contribution in [3.8, 4) is 0 Å². The third-order valence-electron chi connectivity index (χ3n) is 4.34. The van der Waals surface area contributed by atoms with E-state index in [1.165, 1.54) is 11.3 Å². The molecule has 25 heavy (non-hydrogen) atoms. The van der Waals surface area contributed by atoms with E-state index >= 15 is 0 Å². The fraction of sp³-hybridized carbons (Fsp3) is 0.368. The molecule has 0 aliphatic carbocycles. The van der Waals surface area contributed by atoms with Gasteiger partial charge in [0.15, 0.2) is 0 Å². The molecule has 2 amide bonds. The number of anilines is 1. The molecule has 2 heterocycles. The number of nitrogens with zero attached hydrogens (tertiary/aromatic N) is 1. The van der Waals surface area contributed by atoms with Crippen molar-refractivity contribution in [1.29, 1.82) is 0 Å². The van der Waals surface area contributed by atoms with Crippen LogP contribution in [0, 0.1) is 6.92 Å². The second-order valence-corrected chi connectivity index (χ2v) is 7.14. The zero-order chi connectivity index (χ0) is 17.8. The normalized spacial score (nSPS) is 14.4. The van der Waals surface area contributed by atoms with Gasteiger partial charge in [-0.15, -0.1) is 11.3 Å². The van der Waals surface area contributed by atoms with E-state index in [-0.39, 0.29) is 11.8 Å². The molecule has 132 valence electrons. The van der Waals surface area contributed by atoms with Crippen molar-refractivity contribution in [2.45, 2.75) is 20.3 Å². The SMILES string of the molecule is CCc1c(C)sc(NC(=O)c2ccccc2)c1C(=O)N1CCOCC1. The van der Waals surface area contributed by atoms with Crippen molar-refractivity contribution in [2.24, 2.45) is 0 Å². The fourth-order valence-corrected chi connectivity index (χ4v) is 4.14. The standard InChI is InChI=1S/C19H22N2O3S/c1-3-15-13(2)25-18(20-17(22)14-7-5-4-6-8-14)16(15)19(23)21-9-11-24-12-10-21/h4-8H,3,9-12H2,1-2H3,(H,20,22). The maximum atomic E-state index is 13.1. The van der Waals surface area contributed by atoms with Crippen LogP contribution in [0.5, 0.6) is 0 Å². The summed E-state index contributed by atoms with van der Waals surface area (Å²) in [6.45, 7) is 6.32. The summed E-state index contributed by atoms with van der Waals surface area (Å²) in [4.78, 5) is 28.5. The number of rotatable bonds is 4. The number of morpholine rings is 1. The summed E-state index contributed by atoms with van der Waals surface area (Å²) < 4.78 is 5.34. The number of benzene rings is 1. The lowest BCUT2D eigenvalue weighted by molar-refractivity contribution is 0.0303. The molecule has 5 nitrogen and oxygen atoms in total. The molecule has 0 spiro atoms. The average molecular weight is 358 g/mol. The number of amides is 2. The lowest BCUT2D eigenvalue weighted by Gasteiger charge is -2.27. The first-order valence-electron chi connectivity index (χ1n) is 8.47. The zero-order valence-electron chi connectivity index (χ0n) is 14.5. The molecule has 1 aliphatic rings. The van der Waals surface area contributed by atoms with Crippen LogP contribution in [0.1, 0.15) is 38.1 Å². The van der Waals surface area contributed by atoms with Crippen molar-refractivity contribution >= 4 is 28.2 Å². The summed E-state index contributed by atoms with van der Waals surface area (Å²) in [5.41, 5.74) is 2.23. The molecule has 1 N–H and O–H groups in total. The Morgan fingerprint density at radius 2 is 1.88 bits per heavy atom. The van der Waals surface area contributed by atoms with E-state index in [0.717, 1.165) is 16.9 Å². The Morgan fingerprint density at radius 3 is 2.52 bits per heavy atom. The van der Waals surface area contributed by atoms with E-state index in [4.69, 9.17) is 4.74 Å². The van der Waals surface area contributed by atoms with Crippen LogP contribution in [-0.2, 0) is 11.2 Å². The molecule has 1 saturated heterocycles. The highest BCUT2D eigenvalue weighted by Gasteiger charge is 2.27. The van der Waals surface area contributed by atoms with Gasteiger partial charge in [-0.25, -0.2) is 0 Å². The number of thiophene rings is 1. The Kier molecular flexibility index (Phi) is 5.50. The number of hydrogen-bond donors (Lipinski definition) is 1. The van der Waals surface area contributed by atoms with Crippen LogP contribution in [0.4, 0.5) is 5.00 Å². The van der Waals surface area contributed by atoms with Gasteiger partial charge in [-0.3, -0.25) is 9.59 Å². The second-order valence-electron chi connectivity index (χ2n) is 5.92. The Labute approximate surface area is 151 Å². The molecule has 0 atom stereocenters. The Morgan fingerprint density at radius 1 is 1.20 bits per heavy atom. The van der Waals surface area contributed by atoms with Crippen LogP contribution in [0.2, 0.25) is 0 Å². The van der Waals surface area contributed by atoms with Gasteiger partial charge in [0.05, 0.1) is 18.8 Å².